The number of benzene rings is 2. The Morgan fingerprint density at radius 2 is 1.70 bits per heavy atom. The minimum Gasteiger partial charge on any atom is -0.497 e. The number of allylic oxidation sites excluding steroid dienone is 2. The number of rotatable bonds is 3. The highest BCUT2D eigenvalue weighted by atomic mass is 19.4. The lowest BCUT2D eigenvalue weighted by Gasteiger charge is -2.35. The number of methoxy groups -OCH3 is 1. The minimum absolute atomic E-state index is 0.112. The van der Waals surface area contributed by atoms with Crippen LogP contribution in [0.5, 0.6) is 5.75 Å². The van der Waals surface area contributed by atoms with Gasteiger partial charge in [0.05, 0.1) is 7.11 Å². The molecule has 2 aliphatic rings. The topological polar surface area (TPSA) is 69.0 Å². The van der Waals surface area contributed by atoms with Gasteiger partial charge in [0.25, 0.3) is 5.82 Å². The number of carbonyl (C=O) groups excluding carboxylic acids is 1. The molecule has 1 aromatic heterocycles. The Kier molecular flexibility index (Phi) is 4.95. The summed E-state index contributed by atoms with van der Waals surface area (Å²) in [5.41, 5.74) is 2.17. The molecule has 0 radical (unpaired) electrons. The molecule has 1 aliphatic carbocycles. The van der Waals surface area contributed by atoms with Crippen LogP contribution in [0.3, 0.4) is 0 Å². The monoisotopic (exact) mass is 458 g/mol. The van der Waals surface area contributed by atoms with Crippen molar-refractivity contribution in [2.24, 2.45) is 0 Å². The first kappa shape index (κ1) is 21.2. The van der Waals surface area contributed by atoms with E-state index >= 15 is 0 Å². The highest BCUT2D eigenvalue weighted by molar-refractivity contribution is 6.00. The molecule has 10 heteroatoms. The van der Waals surface area contributed by atoms with Gasteiger partial charge < -0.3 is 10.1 Å². The number of ketones is 1. The summed E-state index contributed by atoms with van der Waals surface area (Å²) in [6.07, 6.45) is -4.17. The highest BCUT2D eigenvalue weighted by Crippen LogP contribution is 2.45. The van der Waals surface area contributed by atoms with Gasteiger partial charge in [0.1, 0.15) is 17.6 Å². The minimum atomic E-state index is -4.75. The second-order valence-corrected chi connectivity index (χ2v) is 7.97. The molecule has 1 aliphatic heterocycles. The number of aromatic nitrogens is 3. The van der Waals surface area contributed by atoms with Crippen LogP contribution in [0.1, 0.15) is 41.8 Å². The normalized spacial score (nSPS) is 20.2. The van der Waals surface area contributed by atoms with Crippen LogP contribution in [0.2, 0.25) is 0 Å². The second kappa shape index (κ2) is 7.72. The van der Waals surface area contributed by atoms with E-state index in [2.05, 4.69) is 15.4 Å². The Bertz CT molecular complexity index is 1250. The predicted molar refractivity (Wildman–Crippen MR) is 110 cm³/mol. The van der Waals surface area contributed by atoms with Gasteiger partial charge in [0.15, 0.2) is 5.78 Å². The predicted octanol–water partition coefficient (Wildman–Crippen LogP) is 4.86. The molecular formula is C23H18F4N4O2. The van der Waals surface area contributed by atoms with E-state index in [0.717, 1.165) is 10.2 Å². The average Bonchev–Trinajstić information content (AvgIpc) is 3.23. The highest BCUT2D eigenvalue weighted by Gasteiger charge is 2.43. The number of alkyl halides is 3. The summed E-state index contributed by atoms with van der Waals surface area (Å²) in [4.78, 5) is 17.0. The number of carbonyl (C=O) groups is 1. The third-order valence-corrected chi connectivity index (χ3v) is 5.95. The standard InChI is InChI=1S/C23H18F4N4O2/c1-33-16-8-4-12(5-9-16)14-10-17-19(18(32)11-14)20(13-2-6-15(24)7-3-13)31-22(28-17)29-21(30-31)23(25,26)27/h2-9,14,20H,10-11H2,1H3,(H,28,29,30)/t14-,20+/m0/s1. The molecule has 1 N–H and O–H groups in total. The van der Waals surface area contributed by atoms with E-state index in [1.54, 1.807) is 19.2 Å². The maximum absolute atomic E-state index is 13.5. The van der Waals surface area contributed by atoms with Gasteiger partial charge in [-0.15, -0.1) is 5.10 Å². The average molecular weight is 458 g/mol. The fraction of sp³-hybridized carbons (Fsp3) is 0.261. The summed E-state index contributed by atoms with van der Waals surface area (Å²) in [7, 11) is 1.56. The lowest BCUT2D eigenvalue weighted by molar-refractivity contribution is -0.145. The summed E-state index contributed by atoms with van der Waals surface area (Å²) in [6.45, 7) is 0. The Hall–Kier alpha value is -3.69. The van der Waals surface area contributed by atoms with Crippen LogP contribution in [0, 0.1) is 5.82 Å². The third-order valence-electron chi connectivity index (χ3n) is 5.95. The van der Waals surface area contributed by atoms with Gasteiger partial charge in [-0.3, -0.25) is 4.79 Å². The number of halogens is 4. The summed E-state index contributed by atoms with van der Waals surface area (Å²) < 4.78 is 59.8. The van der Waals surface area contributed by atoms with E-state index in [1.165, 1.54) is 24.3 Å². The molecule has 0 saturated heterocycles. The van der Waals surface area contributed by atoms with Crippen molar-refractivity contribution in [3.8, 4) is 5.75 Å². The Morgan fingerprint density at radius 3 is 2.33 bits per heavy atom. The lowest BCUT2D eigenvalue weighted by Crippen LogP contribution is -2.33. The molecule has 0 unspecified atom stereocenters. The summed E-state index contributed by atoms with van der Waals surface area (Å²) in [5, 5.41) is 6.55. The van der Waals surface area contributed by atoms with E-state index in [4.69, 9.17) is 4.74 Å². The molecule has 5 rings (SSSR count). The van der Waals surface area contributed by atoms with Gasteiger partial charge >= 0.3 is 6.18 Å². The van der Waals surface area contributed by atoms with Gasteiger partial charge in [-0.05, 0) is 47.7 Å². The fourth-order valence-corrected chi connectivity index (χ4v) is 4.40. The van der Waals surface area contributed by atoms with E-state index in [0.29, 0.717) is 29.0 Å². The second-order valence-electron chi connectivity index (χ2n) is 7.97. The summed E-state index contributed by atoms with van der Waals surface area (Å²) in [6, 6.07) is 11.7. The first-order valence-electron chi connectivity index (χ1n) is 10.2. The number of hydrogen-bond donors (Lipinski definition) is 1. The van der Waals surface area contributed by atoms with Gasteiger partial charge in [0, 0.05) is 17.7 Å². The van der Waals surface area contributed by atoms with Crippen molar-refractivity contribution in [2.45, 2.75) is 31.0 Å². The third kappa shape index (κ3) is 3.75. The molecule has 0 spiro atoms. The van der Waals surface area contributed by atoms with E-state index in [9.17, 15) is 22.4 Å². The van der Waals surface area contributed by atoms with Crippen molar-refractivity contribution in [3.05, 3.63) is 82.6 Å². The van der Waals surface area contributed by atoms with Crippen molar-refractivity contribution in [2.75, 3.05) is 12.4 Å². The number of ether oxygens (including phenoxy) is 1. The SMILES string of the molecule is COc1ccc([C@@H]2CC(=O)C3=C(C2)Nc2nc(C(F)(F)F)nn2[C@@H]3c2ccc(F)cc2)cc1. The largest absolute Gasteiger partial charge is 0.497 e. The molecule has 0 amide bonds. The Balaban J connectivity index is 1.59. The molecule has 0 saturated carbocycles. The molecule has 33 heavy (non-hydrogen) atoms. The lowest BCUT2D eigenvalue weighted by atomic mass is 9.78. The smallest absolute Gasteiger partial charge is 0.453 e. The van der Waals surface area contributed by atoms with Crippen LogP contribution in [0.15, 0.2) is 59.8 Å². The van der Waals surface area contributed by atoms with Crippen LogP contribution in [0.25, 0.3) is 0 Å². The van der Waals surface area contributed by atoms with Crippen LogP contribution in [0.4, 0.5) is 23.5 Å². The van der Waals surface area contributed by atoms with Crippen molar-refractivity contribution in [3.63, 3.8) is 0 Å². The first-order chi connectivity index (χ1) is 15.7. The van der Waals surface area contributed by atoms with Crippen LogP contribution < -0.4 is 10.1 Å². The summed E-state index contributed by atoms with van der Waals surface area (Å²) >= 11 is 0. The molecular weight excluding hydrogens is 440 g/mol. The molecule has 2 aromatic carbocycles. The number of nitrogens with zero attached hydrogens (tertiary/aromatic N) is 3. The number of nitrogens with one attached hydrogen (secondary N) is 1. The molecule has 170 valence electrons. The van der Waals surface area contributed by atoms with E-state index in [1.807, 2.05) is 12.1 Å². The molecule has 0 bridgehead atoms. The van der Waals surface area contributed by atoms with Gasteiger partial charge in [0.2, 0.25) is 5.95 Å². The van der Waals surface area contributed by atoms with Gasteiger partial charge in [-0.2, -0.15) is 18.2 Å². The van der Waals surface area contributed by atoms with Gasteiger partial charge in [-0.1, -0.05) is 24.3 Å². The summed E-state index contributed by atoms with van der Waals surface area (Å²) in [5.74, 6) is -1.62. The fourth-order valence-electron chi connectivity index (χ4n) is 4.40. The molecule has 2 heterocycles. The van der Waals surface area contributed by atoms with E-state index < -0.39 is 23.9 Å². The van der Waals surface area contributed by atoms with Crippen molar-refractivity contribution in [1.29, 1.82) is 0 Å². The number of fused-ring (bicyclic) bond motifs is 1. The molecule has 6 nitrogen and oxygen atoms in total. The Labute approximate surface area is 185 Å². The molecule has 2 atom stereocenters. The number of Topliss-reactive ketones (excluding diaryl/α,β-unsaturated/α-hetero) is 1. The van der Waals surface area contributed by atoms with Crippen molar-refractivity contribution in [1.82, 2.24) is 14.8 Å². The zero-order valence-electron chi connectivity index (χ0n) is 17.4. The first-order valence-corrected chi connectivity index (χ1v) is 10.2. The molecule has 3 aromatic rings. The van der Waals surface area contributed by atoms with Crippen molar-refractivity contribution >= 4 is 11.7 Å². The van der Waals surface area contributed by atoms with E-state index in [-0.39, 0.29) is 24.1 Å². The number of anilines is 1. The zero-order chi connectivity index (χ0) is 23.3. The van der Waals surface area contributed by atoms with Crippen molar-refractivity contribution < 1.29 is 27.1 Å². The van der Waals surface area contributed by atoms with Crippen LogP contribution in [-0.2, 0) is 11.0 Å². The quantitative estimate of drug-likeness (QED) is 0.568. The number of hydrogen-bond acceptors (Lipinski definition) is 5. The maximum Gasteiger partial charge on any atom is 0.453 e. The van der Waals surface area contributed by atoms with Crippen LogP contribution >= 0.6 is 0 Å². The zero-order valence-corrected chi connectivity index (χ0v) is 17.4. The molecule has 0 fully saturated rings. The maximum atomic E-state index is 13.5. The Morgan fingerprint density at radius 1 is 1.03 bits per heavy atom. The van der Waals surface area contributed by atoms with Crippen LogP contribution in [-0.4, -0.2) is 27.7 Å². The van der Waals surface area contributed by atoms with Gasteiger partial charge in [-0.25, -0.2) is 9.07 Å².